The Labute approximate surface area is 125 Å². The molecule has 2 aromatic carbocycles. The van der Waals surface area contributed by atoms with Gasteiger partial charge in [-0.2, -0.15) is 0 Å². The second-order valence-corrected chi connectivity index (χ2v) is 5.04. The van der Waals surface area contributed by atoms with Crippen molar-refractivity contribution in [2.24, 2.45) is 0 Å². The SMILES string of the molecule is O=Cc1cc(Cl)ccc1OCc1c(Cl)cccc1Cl. The standard InChI is InChI=1S/C14H9Cl3O2/c15-10-4-5-14(9(6-10)7-18)19-8-11-12(16)2-1-3-13(11)17/h1-7H,8H2. The van der Waals surface area contributed by atoms with Crippen LogP contribution in [0.25, 0.3) is 0 Å². The Morgan fingerprint density at radius 3 is 2.37 bits per heavy atom. The molecule has 0 aromatic heterocycles. The van der Waals surface area contributed by atoms with Crippen molar-refractivity contribution >= 4 is 41.1 Å². The summed E-state index contributed by atoms with van der Waals surface area (Å²) in [7, 11) is 0. The van der Waals surface area contributed by atoms with Gasteiger partial charge in [-0.3, -0.25) is 4.79 Å². The minimum absolute atomic E-state index is 0.182. The molecule has 0 aliphatic heterocycles. The molecule has 0 amide bonds. The Balaban J connectivity index is 2.21. The Hall–Kier alpha value is -1.22. The van der Waals surface area contributed by atoms with Gasteiger partial charge in [-0.1, -0.05) is 40.9 Å². The van der Waals surface area contributed by atoms with E-state index in [0.717, 1.165) is 0 Å². The number of aldehydes is 1. The first kappa shape index (κ1) is 14.2. The molecule has 0 radical (unpaired) electrons. The van der Waals surface area contributed by atoms with E-state index >= 15 is 0 Å². The number of carbonyl (C=O) groups excluding carboxylic acids is 1. The molecule has 0 atom stereocenters. The van der Waals surface area contributed by atoms with Crippen molar-refractivity contribution in [3.8, 4) is 5.75 Å². The average Bonchev–Trinajstić information content (AvgIpc) is 2.39. The summed E-state index contributed by atoms with van der Waals surface area (Å²) in [6.07, 6.45) is 0.690. The zero-order chi connectivity index (χ0) is 13.8. The van der Waals surface area contributed by atoms with E-state index in [4.69, 9.17) is 39.5 Å². The fourth-order valence-electron chi connectivity index (χ4n) is 1.56. The van der Waals surface area contributed by atoms with Crippen molar-refractivity contribution in [3.05, 3.63) is 62.6 Å². The number of halogens is 3. The number of hydrogen-bond acceptors (Lipinski definition) is 2. The van der Waals surface area contributed by atoms with E-state index in [1.165, 1.54) is 6.07 Å². The van der Waals surface area contributed by atoms with Gasteiger partial charge < -0.3 is 4.74 Å². The predicted molar refractivity (Wildman–Crippen MR) is 77.6 cm³/mol. The summed E-state index contributed by atoms with van der Waals surface area (Å²) in [5.74, 6) is 0.440. The summed E-state index contributed by atoms with van der Waals surface area (Å²) >= 11 is 17.9. The molecule has 98 valence electrons. The number of hydrogen-bond donors (Lipinski definition) is 0. The molecule has 0 N–H and O–H groups in total. The second-order valence-electron chi connectivity index (χ2n) is 3.79. The fourth-order valence-corrected chi connectivity index (χ4v) is 2.25. The van der Waals surface area contributed by atoms with Crippen LogP contribution in [-0.2, 0) is 6.61 Å². The molecular weight excluding hydrogens is 307 g/mol. The highest BCUT2D eigenvalue weighted by Gasteiger charge is 2.08. The zero-order valence-corrected chi connectivity index (χ0v) is 12.0. The minimum atomic E-state index is 0.182. The maximum absolute atomic E-state index is 10.9. The molecule has 0 unspecified atom stereocenters. The van der Waals surface area contributed by atoms with Crippen molar-refractivity contribution < 1.29 is 9.53 Å². The number of benzene rings is 2. The smallest absolute Gasteiger partial charge is 0.153 e. The first-order valence-corrected chi connectivity index (χ1v) is 6.55. The third kappa shape index (κ3) is 3.41. The summed E-state index contributed by atoms with van der Waals surface area (Å²) in [6, 6.07) is 10.0. The summed E-state index contributed by atoms with van der Waals surface area (Å²) in [6.45, 7) is 0.182. The molecule has 0 aliphatic carbocycles. The lowest BCUT2D eigenvalue weighted by Crippen LogP contribution is -1.99. The third-order valence-corrected chi connectivity index (χ3v) is 3.48. The second kappa shape index (κ2) is 6.29. The first-order chi connectivity index (χ1) is 9.11. The van der Waals surface area contributed by atoms with E-state index in [9.17, 15) is 4.79 Å². The molecule has 0 saturated heterocycles. The van der Waals surface area contributed by atoms with Crippen LogP contribution in [0, 0.1) is 0 Å². The van der Waals surface area contributed by atoms with Crippen LogP contribution >= 0.6 is 34.8 Å². The monoisotopic (exact) mass is 314 g/mol. The molecule has 0 fully saturated rings. The summed E-state index contributed by atoms with van der Waals surface area (Å²) in [4.78, 5) is 10.9. The highest BCUT2D eigenvalue weighted by Crippen LogP contribution is 2.27. The van der Waals surface area contributed by atoms with Crippen LogP contribution in [0.1, 0.15) is 15.9 Å². The van der Waals surface area contributed by atoms with Gasteiger partial charge in [0.05, 0.1) is 5.56 Å². The molecule has 0 saturated carbocycles. The number of carbonyl (C=O) groups is 1. The molecule has 2 aromatic rings. The highest BCUT2D eigenvalue weighted by molar-refractivity contribution is 6.36. The lowest BCUT2D eigenvalue weighted by atomic mass is 10.2. The van der Waals surface area contributed by atoms with Crippen LogP contribution in [0.3, 0.4) is 0 Å². The van der Waals surface area contributed by atoms with Crippen LogP contribution in [0.15, 0.2) is 36.4 Å². The van der Waals surface area contributed by atoms with Crippen molar-refractivity contribution in [2.45, 2.75) is 6.61 Å². The number of rotatable bonds is 4. The lowest BCUT2D eigenvalue weighted by molar-refractivity contribution is 0.111. The largest absolute Gasteiger partial charge is 0.488 e. The highest BCUT2D eigenvalue weighted by atomic mass is 35.5. The van der Waals surface area contributed by atoms with Crippen molar-refractivity contribution in [2.75, 3.05) is 0 Å². The van der Waals surface area contributed by atoms with Crippen LogP contribution in [0.4, 0.5) is 0 Å². The van der Waals surface area contributed by atoms with E-state index in [1.807, 2.05) is 0 Å². The normalized spacial score (nSPS) is 10.3. The molecular formula is C14H9Cl3O2. The summed E-state index contributed by atoms with van der Waals surface area (Å²) < 4.78 is 5.57. The van der Waals surface area contributed by atoms with E-state index in [-0.39, 0.29) is 6.61 Å². The summed E-state index contributed by atoms with van der Waals surface area (Å²) in [5, 5.41) is 1.52. The predicted octanol–water partition coefficient (Wildman–Crippen LogP) is 5.04. The van der Waals surface area contributed by atoms with Crippen molar-refractivity contribution in [1.29, 1.82) is 0 Å². The van der Waals surface area contributed by atoms with Gasteiger partial charge >= 0.3 is 0 Å². The lowest BCUT2D eigenvalue weighted by Gasteiger charge is -2.11. The topological polar surface area (TPSA) is 26.3 Å². The van der Waals surface area contributed by atoms with E-state index in [2.05, 4.69) is 0 Å². The van der Waals surface area contributed by atoms with Crippen molar-refractivity contribution in [3.63, 3.8) is 0 Å². The molecule has 19 heavy (non-hydrogen) atoms. The van der Waals surface area contributed by atoms with Crippen molar-refractivity contribution in [1.82, 2.24) is 0 Å². The van der Waals surface area contributed by atoms with Gasteiger partial charge in [-0.25, -0.2) is 0 Å². The van der Waals surface area contributed by atoms with Crippen LogP contribution in [0.5, 0.6) is 5.75 Å². The van der Waals surface area contributed by atoms with Gasteiger partial charge in [0.15, 0.2) is 6.29 Å². The van der Waals surface area contributed by atoms with Gasteiger partial charge in [0.1, 0.15) is 12.4 Å². The minimum Gasteiger partial charge on any atom is -0.488 e. The number of ether oxygens (including phenoxy) is 1. The summed E-state index contributed by atoms with van der Waals surface area (Å²) in [5.41, 5.74) is 1.06. The van der Waals surface area contributed by atoms with E-state index in [0.29, 0.717) is 38.2 Å². The molecule has 5 heteroatoms. The van der Waals surface area contributed by atoms with Crippen LogP contribution in [0.2, 0.25) is 15.1 Å². The molecule has 0 heterocycles. The molecule has 0 aliphatic rings. The Bertz CT molecular complexity index is 591. The molecule has 2 nitrogen and oxygen atoms in total. The molecule has 0 bridgehead atoms. The maximum Gasteiger partial charge on any atom is 0.153 e. The van der Waals surface area contributed by atoms with Crippen LogP contribution < -0.4 is 4.74 Å². The third-order valence-electron chi connectivity index (χ3n) is 2.53. The van der Waals surface area contributed by atoms with Gasteiger partial charge in [0.2, 0.25) is 0 Å². The quantitative estimate of drug-likeness (QED) is 0.739. The average molecular weight is 316 g/mol. The van der Waals surface area contributed by atoms with E-state index in [1.54, 1.807) is 30.3 Å². The van der Waals surface area contributed by atoms with E-state index < -0.39 is 0 Å². The van der Waals surface area contributed by atoms with Gasteiger partial charge in [-0.05, 0) is 30.3 Å². The molecule has 0 spiro atoms. The Morgan fingerprint density at radius 1 is 1.05 bits per heavy atom. The van der Waals surface area contributed by atoms with Gasteiger partial charge in [-0.15, -0.1) is 0 Å². The van der Waals surface area contributed by atoms with Gasteiger partial charge in [0.25, 0.3) is 0 Å². The molecule has 2 rings (SSSR count). The fraction of sp³-hybridized carbons (Fsp3) is 0.0714. The van der Waals surface area contributed by atoms with Crippen LogP contribution in [-0.4, -0.2) is 6.29 Å². The van der Waals surface area contributed by atoms with Gasteiger partial charge in [0, 0.05) is 20.6 Å². The first-order valence-electron chi connectivity index (χ1n) is 5.42. The Kier molecular flexibility index (Phi) is 4.70. The zero-order valence-electron chi connectivity index (χ0n) is 9.70. The Morgan fingerprint density at radius 2 is 1.74 bits per heavy atom. The maximum atomic E-state index is 10.9.